The molecule has 0 saturated carbocycles. The van der Waals surface area contributed by atoms with Crippen LogP contribution in [0.15, 0.2) is 17.5 Å². The van der Waals surface area contributed by atoms with Gasteiger partial charge in [-0.1, -0.05) is 6.07 Å². The van der Waals surface area contributed by atoms with Gasteiger partial charge >= 0.3 is 0 Å². The summed E-state index contributed by atoms with van der Waals surface area (Å²) in [4.78, 5) is 26.1. The second-order valence-corrected chi connectivity index (χ2v) is 5.78. The minimum absolute atomic E-state index is 0.0316. The molecule has 0 fully saturated rings. The van der Waals surface area contributed by atoms with Crippen molar-refractivity contribution < 1.29 is 9.59 Å². The quantitative estimate of drug-likeness (QED) is 0.779. The Hall–Kier alpha value is -1.40. The summed E-state index contributed by atoms with van der Waals surface area (Å²) >= 11 is 1.67. The monoisotopic (exact) mass is 283 g/mol. The predicted molar refractivity (Wildman–Crippen MR) is 76.9 cm³/mol. The molecule has 1 rings (SSSR count). The molecule has 0 bridgehead atoms. The molecule has 19 heavy (non-hydrogen) atoms. The smallest absolute Gasteiger partial charge is 0.239 e. The lowest BCUT2D eigenvalue weighted by Crippen LogP contribution is -2.42. The minimum Gasteiger partial charge on any atom is -0.352 e. The van der Waals surface area contributed by atoms with E-state index in [4.69, 9.17) is 0 Å². The van der Waals surface area contributed by atoms with Crippen molar-refractivity contribution in [2.45, 2.75) is 26.4 Å². The molecule has 2 amide bonds. The van der Waals surface area contributed by atoms with Gasteiger partial charge in [0.1, 0.15) is 0 Å². The highest BCUT2D eigenvalue weighted by Crippen LogP contribution is 2.10. The molecule has 0 unspecified atom stereocenters. The number of carbonyl (C=O) groups is 2. The van der Waals surface area contributed by atoms with Crippen LogP contribution in [0.1, 0.15) is 18.7 Å². The normalized spacial score (nSPS) is 10.8. The van der Waals surface area contributed by atoms with E-state index < -0.39 is 0 Å². The van der Waals surface area contributed by atoms with Crippen LogP contribution in [-0.4, -0.2) is 42.9 Å². The topological polar surface area (TPSA) is 61.4 Å². The zero-order valence-electron chi connectivity index (χ0n) is 11.6. The summed E-state index contributed by atoms with van der Waals surface area (Å²) in [6.07, 6.45) is 0. The zero-order chi connectivity index (χ0) is 14.3. The van der Waals surface area contributed by atoms with Crippen LogP contribution in [0, 0.1) is 0 Å². The van der Waals surface area contributed by atoms with Crippen LogP contribution in [0.25, 0.3) is 0 Å². The van der Waals surface area contributed by atoms with E-state index >= 15 is 0 Å². The summed E-state index contributed by atoms with van der Waals surface area (Å²) in [5.41, 5.74) is 0. The van der Waals surface area contributed by atoms with Gasteiger partial charge in [0.15, 0.2) is 0 Å². The minimum atomic E-state index is -0.163. The van der Waals surface area contributed by atoms with E-state index in [2.05, 4.69) is 10.6 Å². The summed E-state index contributed by atoms with van der Waals surface area (Å²) in [5, 5.41) is 7.34. The lowest BCUT2D eigenvalue weighted by molar-refractivity contribution is -0.126. The van der Waals surface area contributed by atoms with Gasteiger partial charge in [0, 0.05) is 17.5 Å². The lowest BCUT2D eigenvalue weighted by atomic mass is 10.4. The fourth-order valence-corrected chi connectivity index (χ4v) is 2.36. The summed E-state index contributed by atoms with van der Waals surface area (Å²) in [7, 11) is 1.88. The molecule has 5 nitrogen and oxygen atoms in total. The molecule has 0 aliphatic carbocycles. The van der Waals surface area contributed by atoms with Crippen molar-refractivity contribution in [2.24, 2.45) is 0 Å². The fourth-order valence-electron chi connectivity index (χ4n) is 1.58. The maximum atomic E-state index is 11.6. The Bertz CT molecular complexity index is 404. The average Bonchev–Trinajstić information content (AvgIpc) is 2.78. The maximum Gasteiger partial charge on any atom is 0.239 e. The van der Waals surface area contributed by atoms with Gasteiger partial charge in [-0.05, 0) is 32.3 Å². The second-order valence-electron chi connectivity index (χ2n) is 4.75. The third kappa shape index (κ3) is 6.93. The van der Waals surface area contributed by atoms with Crippen LogP contribution in [0.5, 0.6) is 0 Å². The van der Waals surface area contributed by atoms with Crippen molar-refractivity contribution in [3.8, 4) is 0 Å². The van der Waals surface area contributed by atoms with Crippen molar-refractivity contribution in [1.29, 1.82) is 0 Å². The van der Waals surface area contributed by atoms with Crippen LogP contribution in [0.2, 0.25) is 0 Å². The highest BCUT2D eigenvalue weighted by Gasteiger charge is 2.09. The Morgan fingerprint density at radius 3 is 2.68 bits per heavy atom. The molecule has 2 N–H and O–H groups in total. The largest absolute Gasteiger partial charge is 0.352 e. The fraction of sp³-hybridized carbons (Fsp3) is 0.538. The highest BCUT2D eigenvalue weighted by molar-refractivity contribution is 7.09. The number of hydrogen-bond donors (Lipinski definition) is 2. The van der Waals surface area contributed by atoms with Crippen LogP contribution in [0.3, 0.4) is 0 Å². The number of thiophene rings is 1. The molecule has 0 aliphatic rings. The number of likely N-dealkylation sites (N-methyl/N-ethyl adjacent to an activating group) is 1. The molecule has 0 aliphatic heterocycles. The Labute approximate surface area is 118 Å². The number of amides is 2. The summed E-state index contributed by atoms with van der Waals surface area (Å²) in [5.74, 6) is -0.303. The van der Waals surface area contributed by atoms with Crippen LogP contribution in [-0.2, 0) is 16.1 Å². The predicted octanol–water partition coefficient (Wildman–Crippen LogP) is 0.821. The highest BCUT2D eigenvalue weighted by atomic mass is 32.1. The van der Waals surface area contributed by atoms with Crippen molar-refractivity contribution in [3.05, 3.63) is 22.4 Å². The molecule has 0 atom stereocenters. The lowest BCUT2D eigenvalue weighted by Gasteiger charge is -2.15. The Morgan fingerprint density at radius 2 is 2.11 bits per heavy atom. The molecule has 1 heterocycles. The summed E-state index contributed by atoms with van der Waals surface area (Å²) in [6.45, 7) is 4.82. The molecule has 106 valence electrons. The van der Waals surface area contributed by atoms with E-state index in [1.807, 2.05) is 43.3 Å². The van der Waals surface area contributed by atoms with E-state index in [0.29, 0.717) is 0 Å². The SMILES string of the molecule is CC(C)NC(=O)CNC(=O)CN(C)Cc1cccs1. The number of hydrogen-bond acceptors (Lipinski definition) is 4. The third-order valence-electron chi connectivity index (χ3n) is 2.32. The van der Waals surface area contributed by atoms with Crippen LogP contribution in [0.4, 0.5) is 0 Å². The zero-order valence-corrected chi connectivity index (χ0v) is 12.4. The van der Waals surface area contributed by atoms with E-state index in [-0.39, 0.29) is 30.9 Å². The third-order valence-corrected chi connectivity index (χ3v) is 3.18. The first-order valence-corrected chi connectivity index (χ1v) is 7.12. The van der Waals surface area contributed by atoms with E-state index in [0.717, 1.165) is 6.54 Å². The number of carbonyl (C=O) groups excluding carboxylic acids is 2. The average molecular weight is 283 g/mol. The molecular formula is C13H21N3O2S. The van der Waals surface area contributed by atoms with Gasteiger partial charge in [0.25, 0.3) is 0 Å². The Kier molecular flexibility index (Phi) is 6.52. The van der Waals surface area contributed by atoms with Gasteiger partial charge in [-0.3, -0.25) is 14.5 Å². The van der Waals surface area contributed by atoms with Crippen molar-refractivity contribution >= 4 is 23.2 Å². The van der Waals surface area contributed by atoms with Gasteiger partial charge in [-0.2, -0.15) is 0 Å². The van der Waals surface area contributed by atoms with Crippen molar-refractivity contribution in [3.63, 3.8) is 0 Å². The molecule has 1 aromatic rings. The van der Waals surface area contributed by atoms with E-state index in [1.54, 1.807) is 11.3 Å². The van der Waals surface area contributed by atoms with Gasteiger partial charge in [-0.15, -0.1) is 11.3 Å². The standard InChI is InChI=1S/C13H21N3O2S/c1-10(2)15-12(17)7-14-13(18)9-16(3)8-11-5-4-6-19-11/h4-6,10H,7-9H2,1-3H3,(H,14,18)(H,15,17). The van der Waals surface area contributed by atoms with Crippen molar-refractivity contribution in [2.75, 3.05) is 20.1 Å². The molecule has 0 aromatic carbocycles. The van der Waals surface area contributed by atoms with E-state index in [1.165, 1.54) is 4.88 Å². The molecular weight excluding hydrogens is 262 g/mol. The molecule has 6 heteroatoms. The van der Waals surface area contributed by atoms with Crippen LogP contribution < -0.4 is 10.6 Å². The molecule has 0 saturated heterocycles. The number of rotatable bonds is 7. The van der Waals surface area contributed by atoms with Gasteiger partial charge in [0.05, 0.1) is 13.1 Å². The van der Waals surface area contributed by atoms with Gasteiger partial charge in [-0.25, -0.2) is 0 Å². The van der Waals surface area contributed by atoms with E-state index in [9.17, 15) is 9.59 Å². The number of nitrogens with one attached hydrogen (secondary N) is 2. The molecule has 0 radical (unpaired) electrons. The van der Waals surface area contributed by atoms with Crippen molar-refractivity contribution in [1.82, 2.24) is 15.5 Å². The summed E-state index contributed by atoms with van der Waals surface area (Å²) < 4.78 is 0. The first kappa shape index (κ1) is 15.7. The van der Waals surface area contributed by atoms with Gasteiger partial charge < -0.3 is 10.6 Å². The van der Waals surface area contributed by atoms with Gasteiger partial charge in [0.2, 0.25) is 11.8 Å². The Morgan fingerprint density at radius 1 is 1.37 bits per heavy atom. The maximum absolute atomic E-state index is 11.6. The second kappa shape index (κ2) is 7.91. The molecule has 0 spiro atoms. The number of nitrogens with zero attached hydrogens (tertiary/aromatic N) is 1. The summed E-state index contributed by atoms with van der Waals surface area (Å²) in [6, 6.07) is 4.12. The first-order valence-electron chi connectivity index (χ1n) is 6.24. The van der Waals surface area contributed by atoms with Crippen LogP contribution >= 0.6 is 11.3 Å². The Balaban J connectivity index is 2.21. The first-order chi connectivity index (χ1) is 8.97. The molecule has 1 aromatic heterocycles.